The minimum atomic E-state index is -2.10. The molecule has 4 aromatic rings. The molecule has 216 valence electrons. The highest BCUT2D eigenvalue weighted by Crippen LogP contribution is 2.39. The second kappa shape index (κ2) is 13.7. The highest BCUT2D eigenvalue weighted by atomic mass is 32.2. The summed E-state index contributed by atoms with van der Waals surface area (Å²) in [6.07, 6.45) is 4.10. The first-order chi connectivity index (χ1) is 19.7. The molecule has 2 aromatic carbocycles. The van der Waals surface area contributed by atoms with Crippen LogP contribution < -0.4 is 4.57 Å². The predicted molar refractivity (Wildman–Crippen MR) is 143 cm³/mol. The molecule has 2 aromatic heterocycles. The third-order valence-corrected chi connectivity index (χ3v) is 7.17. The molecule has 0 radical (unpaired) electrons. The van der Waals surface area contributed by atoms with Gasteiger partial charge in [0.15, 0.2) is 5.82 Å². The fraction of sp³-hybridized carbons (Fsp3) is 0.321. The van der Waals surface area contributed by atoms with E-state index in [4.69, 9.17) is 9.47 Å². The maximum atomic E-state index is 14.9. The molecule has 0 saturated heterocycles. The Bertz CT molecular complexity index is 1460. The largest absolute Gasteiger partial charge is 0.421 e. The predicted octanol–water partition coefficient (Wildman–Crippen LogP) is 4.67. The lowest BCUT2D eigenvalue weighted by molar-refractivity contribution is -0.753. The van der Waals surface area contributed by atoms with Crippen molar-refractivity contribution in [2.24, 2.45) is 0 Å². The molecule has 1 N–H and O–H groups in total. The molecule has 0 spiro atoms. The van der Waals surface area contributed by atoms with Crippen LogP contribution in [-0.2, 0) is 28.2 Å². The summed E-state index contributed by atoms with van der Waals surface area (Å²) in [4.78, 5) is 19.9. The van der Waals surface area contributed by atoms with Crippen LogP contribution in [0, 0.1) is 17.5 Å². The van der Waals surface area contributed by atoms with Gasteiger partial charge in [-0.05, 0) is 23.4 Å². The Kier molecular flexibility index (Phi) is 10.1. The standard InChI is InChI=1S/C28H29F3N5O4S/c1-19(26-25(31)13-32-16-33-26)28(38,23-9-8-22(29)12-24(23)30)15-36-18-35(17-34-36)20(2)40-27(37)41-11-10-39-14-21-6-4-3-5-7-21/h3-9,12-13,16-20,38H,10-11,14-15H2,1-2H3/q+1/t19-,20?,28+/m0/s1. The van der Waals surface area contributed by atoms with Gasteiger partial charge in [0.2, 0.25) is 12.6 Å². The number of nitrogens with zero attached hydrogens (tertiary/aromatic N) is 5. The van der Waals surface area contributed by atoms with Crippen LogP contribution in [0.5, 0.6) is 0 Å². The molecular weight excluding hydrogens is 559 g/mol. The fourth-order valence-corrected chi connectivity index (χ4v) is 4.78. The first-order valence-electron chi connectivity index (χ1n) is 12.7. The van der Waals surface area contributed by atoms with Crippen molar-refractivity contribution in [3.63, 3.8) is 0 Å². The molecule has 0 amide bonds. The number of carbonyl (C=O) groups is 1. The summed E-state index contributed by atoms with van der Waals surface area (Å²) >= 11 is 0.968. The van der Waals surface area contributed by atoms with Crippen molar-refractivity contribution >= 4 is 17.1 Å². The number of thioether (sulfide) groups is 1. The molecule has 0 aliphatic rings. The molecule has 41 heavy (non-hydrogen) atoms. The van der Waals surface area contributed by atoms with Crippen LogP contribution in [0.15, 0.2) is 73.7 Å². The average molecular weight is 589 g/mol. The molecule has 0 aliphatic carbocycles. The zero-order valence-corrected chi connectivity index (χ0v) is 23.2. The van der Waals surface area contributed by atoms with E-state index in [-0.39, 0.29) is 17.8 Å². The van der Waals surface area contributed by atoms with Gasteiger partial charge < -0.3 is 14.6 Å². The minimum absolute atomic E-state index is 0.154. The Morgan fingerprint density at radius 3 is 2.66 bits per heavy atom. The van der Waals surface area contributed by atoms with Crippen LogP contribution in [0.4, 0.5) is 18.0 Å². The summed E-state index contributed by atoms with van der Waals surface area (Å²) in [7, 11) is 0. The number of carbonyl (C=O) groups excluding carboxylic acids is 1. The van der Waals surface area contributed by atoms with Crippen molar-refractivity contribution in [2.45, 2.75) is 44.7 Å². The minimum Gasteiger partial charge on any atom is -0.421 e. The number of hydrogen-bond acceptors (Lipinski definition) is 8. The number of aromatic nitrogens is 5. The van der Waals surface area contributed by atoms with E-state index in [0.29, 0.717) is 25.0 Å². The van der Waals surface area contributed by atoms with Crippen LogP contribution >= 0.6 is 11.8 Å². The second-order valence-electron chi connectivity index (χ2n) is 9.27. The number of halogens is 3. The van der Waals surface area contributed by atoms with E-state index >= 15 is 0 Å². The van der Waals surface area contributed by atoms with E-state index in [1.165, 1.54) is 28.8 Å². The highest BCUT2D eigenvalue weighted by Gasteiger charge is 2.43. The van der Waals surface area contributed by atoms with E-state index in [1.54, 1.807) is 6.92 Å². The Labute approximate surface area is 239 Å². The van der Waals surface area contributed by atoms with E-state index in [0.717, 1.165) is 42.0 Å². The molecule has 2 heterocycles. The summed E-state index contributed by atoms with van der Waals surface area (Å²) in [6, 6.07) is 12.4. The molecule has 0 fully saturated rings. The monoisotopic (exact) mass is 588 g/mol. The Morgan fingerprint density at radius 2 is 1.93 bits per heavy atom. The van der Waals surface area contributed by atoms with Gasteiger partial charge in [0.1, 0.15) is 30.1 Å². The van der Waals surface area contributed by atoms with Gasteiger partial charge in [-0.25, -0.2) is 27.9 Å². The number of rotatable bonds is 12. The fourth-order valence-electron chi connectivity index (χ4n) is 4.20. The Hall–Kier alpha value is -3.81. The Balaban J connectivity index is 1.41. The van der Waals surface area contributed by atoms with Crippen molar-refractivity contribution < 1.29 is 37.1 Å². The van der Waals surface area contributed by atoms with E-state index in [9.17, 15) is 23.1 Å². The summed E-state index contributed by atoms with van der Waals surface area (Å²) in [5.74, 6) is -3.33. The SMILES string of the molecule is CC(OC(=O)SCCOCc1ccccc1)[n+]1cnn(C[C@](O)(c2ccc(F)cc2F)[C@@H](C)c2ncncc2F)c1. The van der Waals surface area contributed by atoms with Crippen molar-refractivity contribution in [3.05, 3.63) is 108 Å². The van der Waals surface area contributed by atoms with Gasteiger partial charge in [-0.1, -0.05) is 43.3 Å². The van der Waals surface area contributed by atoms with Crippen LogP contribution in [-0.4, -0.2) is 42.5 Å². The van der Waals surface area contributed by atoms with Crippen LogP contribution in [0.1, 0.15) is 42.8 Å². The van der Waals surface area contributed by atoms with Gasteiger partial charge in [0, 0.05) is 35.3 Å². The summed E-state index contributed by atoms with van der Waals surface area (Å²) < 4.78 is 56.9. The van der Waals surface area contributed by atoms with Crippen molar-refractivity contribution in [2.75, 3.05) is 12.4 Å². The first kappa shape index (κ1) is 30.2. The molecule has 0 saturated carbocycles. The van der Waals surface area contributed by atoms with Crippen molar-refractivity contribution in [1.82, 2.24) is 19.7 Å². The lowest BCUT2D eigenvalue weighted by Gasteiger charge is -2.32. The van der Waals surface area contributed by atoms with E-state index < -0.39 is 40.5 Å². The molecule has 0 bridgehead atoms. The molecule has 4 rings (SSSR count). The lowest BCUT2D eigenvalue weighted by Crippen LogP contribution is -2.40. The van der Waals surface area contributed by atoms with Crippen LogP contribution in [0.25, 0.3) is 0 Å². The van der Waals surface area contributed by atoms with Crippen LogP contribution in [0.2, 0.25) is 0 Å². The van der Waals surface area contributed by atoms with Crippen molar-refractivity contribution in [1.29, 1.82) is 0 Å². The molecule has 3 atom stereocenters. The first-order valence-corrected chi connectivity index (χ1v) is 13.7. The normalized spacial score (nSPS) is 14.3. The maximum absolute atomic E-state index is 14.9. The average Bonchev–Trinajstić information content (AvgIpc) is 3.41. The third kappa shape index (κ3) is 7.69. The number of benzene rings is 2. The third-order valence-electron chi connectivity index (χ3n) is 6.47. The molecule has 1 unspecified atom stereocenters. The molecule has 13 heteroatoms. The van der Waals surface area contributed by atoms with Crippen LogP contribution in [0.3, 0.4) is 0 Å². The number of aliphatic hydroxyl groups is 1. The van der Waals surface area contributed by atoms with Gasteiger partial charge >= 0.3 is 5.30 Å². The van der Waals surface area contributed by atoms with Gasteiger partial charge in [0.25, 0.3) is 6.33 Å². The summed E-state index contributed by atoms with van der Waals surface area (Å²) in [6.45, 7) is 3.54. The zero-order chi connectivity index (χ0) is 29.4. The molecular formula is C28H29F3N5O4S+. The Morgan fingerprint density at radius 1 is 1.15 bits per heavy atom. The highest BCUT2D eigenvalue weighted by molar-refractivity contribution is 8.13. The van der Waals surface area contributed by atoms with E-state index in [1.807, 2.05) is 30.3 Å². The quantitative estimate of drug-likeness (QED) is 0.145. The van der Waals surface area contributed by atoms with Crippen molar-refractivity contribution in [3.8, 4) is 0 Å². The molecule has 9 nitrogen and oxygen atoms in total. The lowest BCUT2D eigenvalue weighted by atomic mass is 9.79. The summed E-state index contributed by atoms with van der Waals surface area (Å²) in [5, 5.41) is 15.5. The van der Waals surface area contributed by atoms with Gasteiger partial charge in [-0.2, -0.15) is 4.57 Å². The smallest absolute Gasteiger partial charge is 0.370 e. The maximum Gasteiger partial charge on any atom is 0.370 e. The topological polar surface area (TPSA) is 103 Å². The number of hydrogen-bond donors (Lipinski definition) is 1. The second-order valence-corrected chi connectivity index (χ2v) is 10.3. The summed E-state index contributed by atoms with van der Waals surface area (Å²) in [5.41, 5.74) is -1.49. The van der Waals surface area contributed by atoms with Gasteiger partial charge in [0.05, 0.1) is 25.1 Å². The van der Waals surface area contributed by atoms with E-state index in [2.05, 4.69) is 15.1 Å². The zero-order valence-electron chi connectivity index (χ0n) is 22.4. The molecule has 0 aliphatic heterocycles. The number of ether oxygens (including phenoxy) is 2. The van der Waals surface area contributed by atoms with Gasteiger partial charge in [-0.15, -0.1) is 4.68 Å². The van der Waals surface area contributed by atoms with Gasteiger partial charge in [-0.3, -0.25) is 0 Å².